The molecule has 0 radical (unpaired) electrons. The van der Waals surface area contributed by atoms with Crippen LogP contribution in [0.1, 0.15) is 117 Å². The fourth-order valence-electron chi connectivity index (χ4n) is 14.1. The van der Waals surface area contributed by atoms with E-state index in [0.717, 1.165) is 120 Å². The Morgan fingerprint density at radius 1 is 0.667 bits per heavy atom. The average molecular weight is 1590 g/mol. The Balaban J connectivity index is 0.000000375. The number of anilines is 1. The van der Waals surface area contributed by atoms with Crippen LogP contribution in [0.2, 0.25) is 0 Å². The molecule has 1 unspecified atom stereocenters. The zero-order valence-electron chi connectivity index (χ0n) is 59.0. The maximum absolute atomic E-state index is 11.9. The second-order valence-electron chi connectivity index (χ2n) is 25.9. The van der Waals surface area contributed by atoms with Gasteiger partial charge in [0.25, 0.3) is 10.1 Å². The van der Waals surface area contributed by atoms with E-state index in [2.05, 4.69) is 64.2 Å². The molecule has 6 aromatic rings. The van der Waals surface area contributed by atoms with E-state index in [1.54, 1.807) is 36.4 Å². The molecule has 0 bridgehead atoms. The minimum absolute atomic E-state index is 0. The van der Waals surface area contributed by atoms with E-state index in [1.807, 2.05) is 116 Å². The minimum atomic E-state index is -4.54. The molecule has 2 aliphatic carbocycles. The number of hydrogen-bond acceptors (Lipinski definition) is 20. The molecule has 1 N–H and O–H groups in total. The SMILES string of the molecule is C=CC1=C(Cl)/C(=C/C)CCC1.CC1(C)C(/C=C/C2=C(Cl)C(=C/CC3N(CCS(=O)(=O)[O-])c4ccc5cc(OOO[S-])ccc5c4C3(C)C)/CCC2)=[N+](CCS(=O)(=O)[O-])c2ccc3cc(SOO[O-])ccc3c21.CC1=[N+](CCS(=O)(=O)[O-])c2ccc3cc(S(=O)(=O)O)ccc3c2C1(C)C.[Na+].[Na+].[Na+].[Na+]. The Morgan fingerprint density at radius 3 is 1.78 bits per heavy atom. The molecular formula is C69H74Cl2N3Na4O18S6+. The molecule has 102 heavy (non-hydrogen) atoms. The fourth-order valence-corrected chi connectivity index (χ4v) is 17.0. The smallest absolute Gasteiger partial charge is 0.748 e. The van der Waals surface area contributed by atoms with Crippen molar-refractivity contribution in [2.75, 3.05) is 41.8 Å². The first-order chi connectivity index (χ1) is 45.9. The molecule has 5 aliphatic rings. The molecule has 0 fully saturated rings. The molecule has 11 rings (SSSR count). The molecule has 6 aromatic carbocycles. The van der Waals surface area contributed by atoms with Crippen molar-refractivity contribution in [3.8, 4) is 5.75 Å². The number of hydrogen-bond donors (Lipinski definition) is 1. The van der Waals surface area contributed by atoms with Gasteiger partial charge >= 0.3 is 118 Å². The number of nitrogens with zero attached hydrogens (tertiary/aromatic N) is 3. The van der Waals surface area contributed by atoms with Crippen LogP contribution in [-0.4, -0.2) is 115 Å². The van der Waals surface area contributed by atoms with E-state index < -0.39 is 74.0 Å². The van der Waals surface area contributed by atoms with Gasteiger partial charge < -0.3 is 45.9 Å². The fraction of sp³-hybridized carbons (Fsp3) is 0.362. The van der Waals surface area contributed by atoms with Crippen LogP contribution in [0.4, 0.5) is 17.1 Å². The van der Waals surface area contributed by atoms with Gasteiger partial charge in [-0.15, -0.1) is 0 Å². The summed E-state index contributed by atoms with van der Waals surface area (Å²) < 4.78 is 149. The van der Waals surface area contributed by atoms with Crippen molar-refractivity contribution in [1.82, 2.24) is 0 Å². The molecule has 1 atom stereocenters. The van der Waals surface area contributed by atoms with E-state index in [-0.39, 0.29) is 149 Å². The van der Waals surface area contributed by atoms with Gasteiger partial charge in [-0.3, -0.25) is 9.59 Å². The summed E-state index contributed by atoms with van der Waals surface area (Å²) in [4.78, 5) is 7.56. The number of benzene rings is 6. The summed E-state index contributed by atoms with van der Waals surface area (Å²) in [6.45, 7) is 19.9. The van der Waals surface area contributed by atoms with Gasteiger partial charge in [-0.1, -0.05) is 92.2 Å². The first-order valence-electron chi connectivity index (χ1n) is 31.2. The van der Waals surface area contributed by atoms with Gasteiger partial charge in [0.05, 0.1) is 55.1 Å². The van der Waals surface area contributed by atoms with Crippen molar-refractivity contribution in [1.29, 1.82) is 0 Å². The van der Waals surface area contributed by atoms with E-state index in [0.29, 0.717) is 40.3 Å². The van der Waals surface area contributed by atoms with Crippen molar-refractivity contribution < 1.29 is 208 Å². The third kappa shape index (κ3) is 21.0. The Bertz CT molecular complexity index is 4910. The standard InChI is InChI=1S/C42H45ClN2O12S4.C17H19NO6S2.C10H13Cl.4Na/c1-41(2)36(44(20-22-60(47,48)49)34-16-8-28-24-30(53-55-56-58)12-14-32(28)38(34)41)18-10-26-6-5-7-27(40(26)43)11-19-37-42(3,4)39-33-15-13-31(59-57-54-46)25-29(33)9-17-35(39)45(37)21-23-61(50,51)52;1-11-17(2,3)16-14-6-5-13(26(22,23)24)10-12(14)4-7-15(16)18(11)8-9-25(19,20)21;1-3-8-6-5-7-9(4-2)10(8)11;;;;/h8-17,19,24-25,36H,5-7,18,20-23H2,1-4H3,(H3-,46,47,48,49,50,51,52,58);4-7,10H,8-9H2,1-3H3,(H-,19,20,21,22,23,24);3-4H,1,5-7H2,2H3;;;;/q;;;4*+1/p-3/b19-11+,26-10+;;9-4+;;;;. The molecule has 0 spiro atoms. The van der Waals surface area contributed by atoms with Gasteiger partial charge in [0.1, 0.15) is 20.2 Å². The second-order valence-corrected chi connectivity index (χ2v) is 33.5. The summed E-state index contributed by atoms with van der Waals surface area (Å²) in [7, 11) is -17.7. The first-order valence-corrected chi connectivity index (χ1v) is 39.2. The predicted octanol–water partition coefficient (Wildman–Crippen LogP) is 0.949. The van der Waals surface area contributed by atoms with Gasteiger partial charge in [-0.2, -0.15) is 21.9 Å². The van der Waals surface area contributed by atoms with Crippen LogP contribution < -0.4 is 133 Å². The van der Waals surface area contributed by atoms with Crippen LogP contribution >= 0.6 is 35.2 Å². The minimum Gasteiger partial charge on any atom is -0.748 e. The maximum atomic E-state index is 11.9. The third-order valence-corrected chi connectivity index (χ3v) is 23.5. The van der Waals surface area contributed by atoms with Crippen LogP contribution in [0, 0.1) is 0 Å². The van der Waals surface area contributed by atoms with Crippen molar-refractivity contribution in [2.45, 2.75) is 132 Å². The third-order valence-electron chi connectivity index (χ3n) is 19.0. The van der Waals surface area contributed by atoms with Crippen LogP contribution in [0.3, 0.4) is 0 Å². The van der Waals surface area contributed by atoms with Gasteiger partial charge in [0.2, 0.25) is 11.4 Å². The quantitative estimate of drug-likeness (QED) is 0.0199. The molecule has 0 saturated carbocycles. The molecular weight excluding hydrogens is 1510 g/mol. The van der Waals surface area contributed by atoms with E-state index >= 15 is 0 Å². The normalized spacial score (nSPS) is 18.4. The summed E-state index contributed by atoms with van der Waals surface area (Å²) in [5, 5.41) is 24.9. The number of allylic oxidation sites excluding steroid dienone is 10. The summed E-state index contributed by atoms with van der Waals surface area (Å²) in [6, 6.07) is 26.2. The van der Waals surface area contributed by atoms with Crippen LogP contribution in [0.25, 0.3) is 32.3 Å². The summed E-state index contributed by atoms with van der Waals surface area (Å²) >= 11 is 18.4. The molecule has 3 heterocycles. The Morgan fingerprint density at radius 2 is 1.20 bits per heavy atom. The Kier molecular flexibility index (Phi) is 33.2. The predicted molar refractivity (Wildman–Crippen MR) is 378 cm³/mol. The van der Waals surface area contributed by atoms with Crippen molar-refractivity contribution in [3.05, 3.63) is 177 Å². The van der Waals surface area contributed by atoms with E-state index in [1.165, 1.54) is 29.7 Å². The second kappa shape index (κ2) is 37.3. The van der Waals surface area contributed by atoms with Crippen molar-refractivity contribution in [2.24, 2.45) is 0 Å². The number of halogens is 2. The number of rotatable bonds is 21. The average Bonchev–Trinajstić information content (AvgIpc) is 1.58. The summed E-state index contributed by atoms with van der Waals surface area (Å²) in [5.41, 5.74) is 9.68. The van der Waals surface area contributed by atoms with Gasteiger partial charge in [0, 0.05) is 74.9 Å². The summed E-state index contributed by atoms with van der Waals surface area (Å²) in [5.74, 6) is -1.29. The van der Waals surface area contributed by atoms with Crippen molar-refractivity contribution >= 4 is 149 Å². The van der Waals surface area contributed by atoms with Crippen LogP contribution in [0.5, 0.6) is 5.75 Å². The molecule has 0 amide bonds. The van der Waals surface area contributed by atoms with E-state index in [4.69, 9.17) is 28.1 Å². The monoisotopic (exact) mass is 1590 g/mol. The Hall–Kier alpha value is -1.80. The molecule has 21 nitrogen and oxygen atoms in total. The molecule has 33 heteroatoms. The van der Waals surface area contributed by atoms with Gasteiger partial charge in [-0.05, 0) is 199 Å². The maximum Gasteiger partial charge on any atom is 1.00 e. The van der Waals surface area contributed by atoms with Gasteiger partial charge in [-0.25, -0.2) is 25.3 Å². The molecule has 0 saturated heterocycles. The number of fused-ring (bicyclic) bond motifs is 9. The van der Waals surface area contributed by atoms with Crippen LogP contribution in [0.15, 0.2) is 170 Å². The zero-order chi connectivity index (χ0) is 71.7. The van der Waals surface area contributed by atoms with Crippen molar-refractivity contribution in [3.63, 3.8) is 0 Å². The summed E-state index contributed by atoms with van der Waals surface area (Å²) in [6.07, 6.45) is 16.1. The van der Waals surface area contributed by atoms with E-state index in [9.17, 15) is 57.1 Å². The zero-order valence-corrected chi connectivity index (χ0v) is 73.4. The van der Waals surface area contributed by atoms with Gasteiger partial charge in [0.15, 0.2) is 30.3 Å². The molecule has 3 aliphatic heterocycles. The van der Waals surface area contributed by atoms with Crippen LogP contribution in [-0.2, 0) is 88.4 Å². The molecule has 0 aromatic heterocycles. The molecule has 526 valence electrons. The topological polar surface area (TPSA) is 304 Å². The first kappa shape index (κ1) is 90.8. The largest absolute Gasteiger partial charge is 1.00 e. The Labute approximate surface area is 705 Å².